The molecule has 9 heteroatoms. The molecule has 0 heterocycles. The molecule has 2 aromatic rings. The van der Waals surface area contributed by atoms with E-state index in [0.29, 0.717) is 12.0 Å². The Hall–Kier alpha value is -3.88. The van der Waals surface area contributed by atoms with E-state index in [0.717, 1.165) is 36.8 Å². The van der Waals surface area contributed by atoms with Gasteiger partial charge < -0.3 is 26.0 Å². The smallest absolute Gasteiger partial charge is 0.408 e. The summed E-state index contributed by atoms with van der Waals surface area (Å²) >= 11 is 0. The highest BCUT2D eigenvalue weighted by molar-refractivity contribution is 5.94. The summed E-state index contributed by atoms with van der Waals surface area (Å²) < 4.78 is 5.35. The summed E-state index contributed by atoms with van der Waals surface area (Å²) in [6.45, 7) is 9.76. The van der Waals surface area contributed by atoms with Crippen LogP contribution in [0.2, 0.25) is 0 Å². The van der Waals surface area contributed by atoms with Gasteiger partial charge in [0.15, 0.2) is 0 Å². The van der Waals surface area contributed by atoms with Crippen molar-refractivity contribution in [3.05, 3.63) is 71.3 Å². The largest absolute Gasteiger partial charge is 0.444 e. The molecular weight excluding hydrogens is 520 g/mol. The van der Waals surface area contributed by atoms with Crippen LogP contribution in [0.15, 0.2) is 54.6 Å². The minimum absolute atomic E-state index is 0.253. The number of carbonyl (C=O) groups excluding carboxylic acids is 4. The molecule has 0 aliphatic rings. The topological polar surface area (TPSA) is 131 Å². The maximum atomic E-state index is 14.1. The van der Waals surface area contributed by atoms with Crippen molar-refractivity contribution in [3.8, 4) is 0 Å². The van der Waals surface area contributed by atoms with Crippen LogP contribution in [0.4, 0.5) is 4.79 Å². The molecule has 0 radical (unpaired) electrons. The molecule has 2 unspecified atom stereocenters. The number of alkyl carbamates (subject to hydrolysis) is 1. The standard InChI is InChI=1S/C32H46N4O5/c1-6-8-9-13-20-36(30(39)26(21-27(33)37)35-31(40)41-32(3,4)5)28(25-18-16-23(7-2)17-19-25)29(38)34-22-24-14-11-10-12-15-24/h10-12,14-19,26,28H,6-9,13,20-22H2,1-5H3,(H2,33,37)(H,34,38)(H,35,40). The summed E-state index contributed by atoms with van der Waals surface area (Å²) in [5.74, 6) is -1.70. The van der Waals surface area contributed by atoms with Crippen molar-refractivity contribution in [2.24, 2.45) is 5.73 Å². The number of aryl methyl sites for hydroxylation is 1. The minimum Gasteiger partial charge on any atom is -0.444 e. The van der Waals surface area contributed by atoms with Crippen LogP contribution in [0, 0.1) is 0 Å². The molecule has 4 amide bonds. The second-order valence-electron chi connectivity index (χ2n) is 11.2. The molecule has 41 heavy (non-hydrogen) atoms. The second kappa shape index (κ2) is 16.4. The molecule has 0 spiro atoms. The zero-order valence-electron chi connectivity index (χ0n) is 25.1. The van der Waals surface area contributed by atoms with Gasteiger partial charge in [-0.15, -0.1) is 0 Å². The maximum absolute atomic E-state index is 14.1. The van der Waals surface area contributed by atoms with Gasteiger partial charge in [-0.3, -0.25) is 14.4 Å². The molecule has 2 atom stereocenters. The van der Waals surface area contributed by atoms with Gasteiger partial charge in [-0.1, -0.05) is 87.7 Å². The Morgan fingerprint density at radius 1 is 0.902 bits per heavy atom. The normalized spacial score (nSPS) is 12.6. The van der Waals surface area contributed by atoms with Crippen molar-refractivity contribution in [3.63, 3.8) is 0 Å². The number of benzene rings is 2. The van der Waals surface area contributed by atoms with Crippen molar-refractivity contribution < 1.29 is 23.9 Å². The molecular formula is C32H46N4O5. The first-order chi connectivity index (χ1) is 19.4. The quantitative estimate of drug-likeness (QED) is 0.267. The molecule has 0 aliphatic carbocycles. The van der Waals surface area contributed by atoms with E-state index in [4.69, 9.17) is 10.5 Å². The average Bonchev–Trinajstić information content (AvgIpc) is 2.92. The van der Waals surface area contributed by atoms with Gasteiger partial charge in [0.25, 0.3) is 0 Å². The number of amides is 4. The Bertz CT molecular complexity index is 1130. The minimum atomic E-state index is -1.30. The first kappa shape index (κ1) is 33.3. The number of ether oxygens (including phenoxy) is 1. The SMILES string of the molecule is CCCCCCN(C(=O)C(CC(N)=O)NC(=O)OC(C)(C)C)C(C(=O)NCc1ccccc1)c1ccc(CC)cc1. The summed E-state index contributed by atoms with van der Waals surface area (Å²) in [4.78, 5) is 54.1. The number of hydrogen-bond acceptors (Lipinski definition) is 5. The molecule has 2 rings (SSSR count). The zero-order chi connectivity index (χ0) is 30.4. The van der Waals surface area contributed by atoms with Crippen molar-refractivity contribution >= 4 is 23.8 Å². The molecule has 0 aliphatic heterocycles. The van der Waals surface area contributed by atoms with Gasteiger partial charge in [-0.25, -0.2) is 4.79 Å². The monoisotopic (exact) mass is 566 g/mol. The Balaban J connectivity index is 2.49. The van der Waals surface area contributed by atoms with Crippen LogP contribution < -0.4 is 16.4 Å². The van der Waals surface area contributed by atoms with Crippen LogP contribution in [0.3, 0.4) is 0 Å². The van der Waals surface area contributed by atoms with Gasteiger partial charge >= 0.3 is 6.09 Å². The van der Waals surface area contributed by atoms with E-state index in [2.05, 4.69) is 17.6 Å². The summed E-state index contributed by atoms with van der Waals surface area (Å²) in [7, 11) is 0. The average molecular weight is 567 g/mol. The van der Waals surface area contributed by atoms with Crippen LogP contribution >= 0.6 is 0 Å². The Labute approximate surface area is 244 Å². The number of rotatable bonds is 15. The molecule has 0 saturated carbocycles. The fourth-order valence-corrected chi connectivity index (χ4v) is 4.42. The van der Waals surface area contributed by atoms with Crippen molar-refractivity contribution in [1.82, 2.24) is 15.5 Å². The zero-order valence-corrected chi connectivity index (χ0v) is 25.1. The molecule has 4 N–H and O–H groups in total. The summed E-state index contributed by atoms with van der Waals surface area (Å²) in [5.41, 5.74) is 7.31. The number of hydrogen-bond donors (Lipinski definition) is 3. The van der Waals surface area contributed by atoms with Crippen LogP contribution in [-0.4, -0.2) is 46.9 Å². The van der Waals surface area contributed by atoms with Gasteiger partial charge in [0.05, 0.1) is 6.42 Å². The van der Waals surface area contributed by atoms with Gasteiger partial charge in [0.1, 0.15) is 17.7 Å². The number of nitrogens with one attached hydrogen (secondary N) is 2. The molecule has 0 aromatic heterocycles. The summed E-state index contributed by atoms with van der Waals surface area (Å²) in [6, 6.07) is 14.8. The van der Waals surface area contributed by atoms with Crippen LogP contribution in [0.5, 0.6) is 0 Å². The first-order valence-electron chi connectivity index (χ1n) is 14.4. The van der Waals surface area contributed by atoms with E-state index in [1.165, 1.54) is 4.90 Å². The predicted octanol–water partition coefficient (Wildman–Crippen LogP) is 4.78. The lowest BCUT2D eigenvalue weighted by Crippen LogP contribution is -2.54. The molecule has 2 aromatic carbocycles. The number of nitrogens with zero attached hydrogens (tertiary/aromatic N) is 1. The van der Waals surface area contributed by atoms with E-state index >= 15 is 0 Å². The van der Waals surface area contributed by atoms with Gasteiger partial charge in [0.2, 0.25) is 17.7 Å². The Morgan fingerprint density at radius 2 is 1.56 bits per heavy atom. The fourth-order valence-electron chi connectivity index (χ4n) is 4.42. The Kier molecular flexibility index (Phi) is 13.3. The summed E-state index contributed by atoms with van der Waals surface area (Å²) in [5, 5.41) is 5.50. The van der Waals surface area contributed by atoms with Crippen molar-refractivity contribution in [1.29, 1.82) is 0 Å². The van der Waals surface area contributed by atoms with Crippen LogP contribution in [0.25, 0.3) is 0 Å². The Morgan fingerprint density at radius 3 is 2.12 bits per heavy atom. The third-order valence-electron chi connectivity index (χ3n) is 6.50. The molecule has 0 bridgehead atoms. The third kappa shape index (κ3) is 11.6. The van der Waals surface area contributed by atoms with Gasteiger partial charge in [0, 0.05) is 13.1 Å². The van der Waals surface area contributed by atoms with Gasteiger partial charge in [-0.2, -0.15) is 0 Å². The molecule has 0 fully saturated rings. The fraction of sp³-hybridized carbons (Fsp3) is 0.500. The number of carbonyl (C=O) groups is 4. The van der Waals surface area contributed by atoms with E-state index in [9.17, 15) is 19.2 Å². The molecule has 0 saturated heterocycles. The van der Waals surface area contributed by atoms with E-state index in [1.807, 2.05) is 61.5 Å². The first-order valence-corrected chi connectivity index (χ1v) is 14.4. The van der Waals surface area contributed by atoms with Crippen LogP contribution in [0.1, 0.15) is 89.5 Å². The van der Waals surface area contributed by atoms with Crippen molar-refractivity contribution in [2.75, 3.05) is 6.54 Å². The molecule has 224 valence electrons. The predicted molar refractivity (Wildman–Crippen MR) is 160 cm³/mol. The third-order valence-corrected chi connectivity index (χ3v) is 6.50. The lowest BCUT2D eigenvalue weighted by atomic mass is 9.99. The lowest BCUT2D eigenvalue weighted by molar-refractivity contribution is -0.143. The highest BCUT2D eigenvalue weighted by Crippen LogP contribution is 2.25. The highest BCUT2D eigenvalue weighted by Gasteiger charge is 2.36. The summed E-state index contributed by atoms with van der Waals surface area (Å²) in [6.07, 6.45) is 3.01. The van der Waals surface area contributed by atoms with E-state index in [-0.39, 0.29) is 19.0 Å². The number of primary amides is 1. The highest BCUT2D eigenvalue weighted by atomic mass is 16.6. The van der Waals surface area contributed by atoms with E-state index < -0.39 is 42.0 Å². The number of unbranched alkanes of at least 4 members (excludes halogenated alkanes) is 3. The molecule has 9 nitrogen and oxygen atoms in total. The maximum Gasteiger partial charge on any atom is 0.408 e. The lowest BCUT2D eigenvalue weighted by Gasteiger charge is -2.34. The van der Waals surface area contributed by atoms with Crippen LogP contribution in [-0.2, 0) is 32.1 Å². The number of nitrogens with two attached hydrogens (primary N) is 1. The van der Waals surface area contributed by atoms with Gasteiger partial charge in [-0.05, 0) is 50.3 Å². The van der Waals surface area contributed by atoms with E-state index in [1.54, 1.807) is 20.8 Å². The van der Waals surface area contributed by atoms with Crippen molar-refractivity contribution in [2.45, 2.75) is 97.4 Å². The second-order valence-corrected chi connectivity index (χ2v) is 11.2.